The number of nitrogens with zero attached hydrogens (tertiary/aromatic N) is 1. The Hall–Kier alpha value is -3.00. The number of halogens is 3. The van der Waals surface area contributed by atoms with Crippen LogP contribution >= 0.6 is 43.5 Å². The molecule has 0 amide bonds. The van der Waals surface area contributed by atoms with Crippen LogP contribution in [0.25, 0.3) is 12.2 Å². The van der Waals surface area contributed by atoms with Gasteiger partial charge in [-0.1, -0.05) is 55.6 Å². The molecule has 8 heteroatoms. The molecule has 0 saturated carbocycles. The lowest BCUT2D eigenvalue weighted by atomic mass is 10.1. The lowest BCUT2D eigenvalue weighted by Gasteiger charge is -2.06. The van der Waals surface area contributed by atoms with Crippen LogP contribution in [0.3, 0.4) is 0 Å². The summed E-state index contributed by atoms with van der Waals surface area (Å²) >= 11 is 12.6. The molecular weight excluding hydrogens is 574 g/mol. The quantitative estimate of drug-likeness (QED) is 0.187. The van der Waals surface area contributed by atoms with Gasteiger partial charge in [0.15, 0.2) is 5.70 Å². The van der Waals surface area contributed by atoms with Crippen molar-refractivity contribution in [2.45, 2.75) is 0 Å². The van der Waals surface area contributed by atoms with E-state index in [9.17, 15) is 9.59 Å². The zero-order chi connectivity index (χ0) is 23.4. The highest BCUT2D eigenvalue weighted by Crippen LogP contribution is 2.28. The number of hydrogen-bond acceptors (Lipinski definition) is 5. The Balaban J connectivity index is 1.57. The molecule has 1 aliphatic heterocycles. The fourth-order valence-electron chi connectivity index (χ4n) is 2.88. The number of benzene rings is 3. The number of cyclic esters (lactones) is 1. The van der Waals surface area contributed by atoms with Gasteiger partial charge in [0.2, 0.25) is 5.90 Å². The van der Waals surface area contributed by atoms with Gasteiger partial charge in [0.05, 0.1) is 0 Å². The predicted octanol–water partition coefficient (Wildman–Crippen LogP) is 6.83. The average Bonchev–Trinajstić information content (AvgIpc) is 3.16. The number of aliphatic imine (C=N–C) groups is 1. The van der Waals surface area contributed by atoms with Crippen molar-refractivity contribution < 1.29 is 19.1 Å². The predicted molar refractivity (Wildman–Crippen MR) is 135 cm³/mol. The molecule has 33 heavy (non-hydrogen) atoms. The van der Waals surface area contributed by atoms with E-state index in [4.69, 9.17) is 21.1 Å². The summed E-state index contributed by atoms with van der Waals surface area (Å²) in [5, 5.41) is 0.610. The van der Waals surface area contributed by atoms with Crippen LogP contribution in [0.15, 0.2) is 92.4 Å². The van der Waals surface area contributed by atoms with Crippen LogP contribution in [0.4, 0.5) is 0 Å². The molecule has 0 unspecified atom stereocenters. The Labute approximate surface area is 211 Å². The lowest BCUT2D eigenvalue weighted by molar-refractivity contribution is -0.130. The molecule has 0 spiro atoms. The van der Waals surface area contributed by atoms with E-state index in [0.717, 1.165) is 14.5 Å². The van der Waals surface area contributed by atoms with Gasteiger partial charge in [-0.25, -0.2) is 14.6 Å². The minimum absolute atomic E-state index is 0.0972. The van der Waals surface area contributed by atoms with Crippen LogP contribution in [0.1, 0.15) is 16.7 Å². The summed E-state index contributed by atoms with van der Waals surface area (Å²) in [5.41, 5.74) is 2.06. The fraction of sp³-hybridized carbons (Fsp3) is 0. The first-order chi connectivity index (χ1) is 15.9. The van der Waals surface area contributed by atoms with Crippen molar-refractivity contribution in [2.75, 3.05) is 0 Å². The third-order valence-electron chi connectivity index (χ3n) is 4.47. The van der Waals surface area contributed by atoms with Crippen molar-refractivity contribution in [1.82, 2.24) is 0 Å². The largest absolute Gasteiger partial charge is 0.423 e. The number of ether oxygens (including phenoxy) is 2. The van der Waals surface area contributed by atoms with Crippen molar-refractivity contribution >= 4 is 73.4 Å². The van der Waals surface area contributed by atoms with Crippen molar-refractivity contribution in [1.29, 1.82) is 0 Å². The second-order valence-electron chi connectivity index (χ2n) is 6.83. The zero-order valence-corrected chi connectivity index (χ0v) is 20.7. The van der Waals surface area contributed by atoms with E-state index in [0.29, 0.717) is 16.1 Å². The standard InChI is InChI=1S/C25H14Br2ClNO4/c26-18-6-4-16(5-7-18)24-29-21(25(31)33-24)14-17-13-19(27)8-11-22(17)32-23(30)12-3-15-1-9-20(28)10-2-15/h1-14H/b12-3+,21-14-. The molecule has 5 nitrogen and oxygen atoms in total. The molecule has 3 aromatic rings. The fourth-order valence-corrected chi connectivity index (χ4v) is 3.65. The normalized spacial score (nSPS) is 14.5. The molecule has 0 fully saturated rings. The molecule has 3 aromatic carbocycles. The maximum atomic E-state index is 12.4. The highest BCUT2D eigenvalue weighted by molar-refractivity contribution is 9.10. The summed E-state index contributed by atoms with van der Waals surface area (Å²) < 4.78 is 12.4. The van der Waals surface area contributed by atoms with Gasteiger partial charge in [-0.2, -0.15) is 0 Å². The highest BCUT2D eigenvalue weighted by atomic mass is 79.9. The molecular formula is C25H14Br2ClNO4. The molecule has 0 bridgehead atoms. The molecule has 4 rings (SSSR count). The molecule has 164 valence electrons. The number of carbonyl (C=O) groups is 2. The third kappa shape index (κ3) is 6.07. The first kappa shape index (κ1) is 23.2. The first-order valence-electron chi connectivity index (χ1n) is 9.61. The summed E-state index contributed by atoms with van der Waals surface area (Å²) in [6, 6.07) is 19.4. The average molecular weight is 588 g/mol. The highest BCUT2D eigenvalue weighted by Gasteiger charge is 2.24. The Morgan fingerprint density at radius 3 is 2.39 bits per heavy atom. The number of hydrogen-bond donors (Lipinski definition) is 0. The minimum Gasteiger partial charge on any atom is -0.423 e. The first-order valence-corrected chi connectivity index (χ1v) is 11.6. The summed E-state index contributed by atoms with van der Waals surface area (Å²) in [7, 11) is 0. The molecule has 1 heterocycles. The van der Waals surface area contributed by atoms with E-state index in [-0.39, 0.29) is 17.3 Å². The Kier molecular flexibility index (Phi) is 7.23. The summed E-state index contributed by atoms with van der Waals surface area (Å²) in [6.07, 6.45) is 4.46. The second kappa shape index (κ2) is 10.3. The molecule has 0 atom stereocenters. The number of carbonyl (C=O) groups excluding carboxylic acids is 2. The second-order valence-corrected chi connectivity index (χ2v) is 9.10. The zero-order valence-electron chi connectivity index (χ0n) is 16.8. The smallest absolute Gasteiger partial charge is 0.363 e. The SMILES string of the molecule is O=C(/C=C/c1ccc(Cl)cc1)Oc1ccc(Br)cc1/C=C1\N=C(c2ccc(Br)cc2)OC1=O. The lowest BCUT2D eigenvalue weighted by Crippen LogP contribution is -2.06. The molecule has 0 saturated heterocycles. The van der Waals surface area contributed by atoms with Crippen molar-refractivity contribution in [3.05, 3.63) is 109 Å². The van der Waals surface area contributed by atoms with Gasteiger partial charge in [-0.15, -0.1) is 0 Å². The molecule has 0 radical (unpaired) electrons. The topological polar surface area (TPSA) is 65.0 Å². The maximum absolute atomic E-state index is 12.4. The van der Waals surface area contributed by atoms with E-state index in [1.807, 2.05) is 12.1 Å². The van der Waals surface area contributed by atoms with Gasteiger partial charge >= 0.3 is 11.9 Å². The molecule has 0 N–H and O–H groups in total. The monoisotopic (exact) mass is 585 g/mol. The van der Waals surface area contributed by atoms with Gasteiger partial charge in [-0.3, -0.25) is 0 Å². The van der Waals surface area contributed by atoms with E-state index >= 15 is 0 Å². The van der Waals surface area contributed by atoms with E-state index in [1.165, 1.54) is 12.2 Å². The van der Waals surface area contributed by atoms with Gasteiger partial charge in [-0.05, 0) is 72.3 Å². The molecule has 0 aromatic heterocycles. The van der Waals surface area contributed by atoms with Crippen LogP contribution in [0.5, 0.6) is 5.75 Å². The van der Waals surface area contributed by atoms with Gasteiger partial charge in [0.25, 0.3) is 0 Å². The van der Waals surface area contributed by atoms with Crippen LogP contribution < -0.4 is 4.74 Å². The van der Waals surface area contributed by atoms with Crippen molar-refractivity contribution in [3.8, 4) is 5.75 Å². The Bertz CT molecular complexity index is 1310. The van der Waals surface area contributed by atoms with Crippen LogP contribution in [-0.4, -0.2) is 17.8 Å². The maximum Gasteiger partial charge on any atom is 0.363 e. The van der Waals surface area contributed by atoms with Gasteiger partial charge < -0.3 is 9.47 Å². The Morgan fingerprint density at radius 1 is 0.970 bits per heavy atom. The summed E-state index contributed by atoms with van der Waals surface area (Å²) in [4.78, 5) is 29.0. The Morgan fingerprint density at radius 2 is 1.67 bits per heavy atom. The van der Waals surface area contributed by atoms with E-state index in [2.05, 4.69) is 36.9 Å². The number of esters is 2. The van der Waals surface area contributed by atoms with Crippen molar-refractivity contribution in [3.63, 3.8) is 0 Å². The summed E-state index contributed by atoms with van der Waals surface area (Å²) in [5.74, 6) is -0.678. The minimum atomic E-state index is -0.590. The third-order valence-corrected chi connectivity index (χ3v) is 5.74. The van der Waals surface area contributed by atoms with E-state index in [1.54, 1.807) is 60.7 Å². The van der Waals surface area contributed by atoms with Crippen molar-refractivity contribution in [2.24, 2.45) is 4.99 Å². The van der Waals surface area contributed by atoms with Crippen LogP contribution in [0, 0.1) is 0 Å². The van der Waals surface area contributed by atoms with Gasteiger partial charge in [0.1, 0.15) is 5.75 Å². The van der Waals surface area contributed by atoms with Gasteiger partial charge in [0, 0.05) is 31.2 Å². The van der Waals surface area contributed by atoms with E-state index < -0.39 is 11.9 Å². The molecule has 0 aliphatic carbocycles. The molecule has 1 aliphatic rings. The van der Waals surface area contributed by atoms with Crippen LogP contribution in [0.2, 0.25) is 5.02 Å². The number of rotatable bonds is 5. The van der Waals surface area contributed by atoms with Crippen LogP contribution in [-0.2, 0) is 14.3 Å². The summed E-state index contributed by atoms with van der Waals surface area (Å²) in [6.45, 7) is 0.